The van der Waals surface area contributed by atoms with Crippen LogP contribution in [0.2, 0.25) is 0 Å². The Hall–Kier alpha value is -1.13. The van der Waals surface area contributed by atoms with Crippen LogP contribution in [0.15, 0.2) is 18.2 Å². The van der Waals surface area contributed by atoms with E-state index in [9.17, 15) is 4.39 Å². The summed E-state index contributed by atoms with van der Waals surface area (Å²) in [6.45, 7) is 5.95. The number of ether oxygens (including phenoxy) is 2. The van der Waals surface area contributed by atoms with Crippen LogP contribution in [0.25, 0.3) is 0 Å². The minimum atomic E-state index is -0.240. The third-order valence-corrected chi connectivity index (χ3v) is 4.16. The Morgan fingerprint density at radius 2 is 2.29 bits per heavy atom. The van der Waals surface area contributed by atoms with Crippen molar-refractivity contribution in [3.8, 4) is 5.75 Å². The molecule has 1 N–H and O–H groups in total. The van der Waals surface area contributed by atoms with E-state index in [1.807, 2.05) is 12.1 Å². The van der Waals surface area contributed by atoms with Crippen molar-refractivity contribution >= 4 is 0 Å². The average Bonchev–Trinajstić information content (AvgIpc) is 2.91. The molecule has 0 radical (unpaired) electrons. The molecule has 0 aromatic heterocycles. The molecule has 0 saturated carbocycles. The van der Waals surface area contributed by atoms with E-state index in [0.717, 1.165) is 26.0 Å². The van der Waals surface area contributed by atoms with Gasteiger partial charge in [0.15, 0.2) is 11.6 Å². The molecule has 0 aliphatic carbocycles. The van der Waals surface area contributed by atoms with Gasteiger partial charge in [-0.2, -0.15) is 0 Å². The first-order valence-corrected chi connectivity index (χ1v) is 7.82. The molecule has 118 valence electrons. The summed E-state index contributed by atoms with van der Waals surface area (Å²) in [5.74, 6) is 0.519. The second kappa shape index (κ2) is 7.76. The fourth-order valence-corrected chi connectivity index (χ4v) is 2.97. The molecule has 0 bridgehead atoms. The molecule has 1 aromatic carbocycles. The lowest BCUT2D eigenvalue weighted by molar-refractivity contribution is 0.116. The fourth-order valence-electron chi connectivity index (χ4n) is 2.97. The van der Waals surface area contributed by atoms with Gasteiger partial charge in [0.2, 0.25) is 0 Å². The molecule has 4 heteroatoms. The minimum absolute atomic E-state index is 0.240. The van der Waals surface area contributed by atoms with Crippen LogP contribution in [0.3, 0.4) is 0 Å². The van der Waals surface area contributed by atoms with Gasteiger partial charge in [0.1, 0.15) is 0 Å². The van der Waals surface area contributed by atoms with Gasteiger partial charge in [-0.15, -0.1) is 0 Å². The summed E-state index contributed by atoms with van der Waals surface area (Å²) in [7, 11) is 1.50. The Kier molecular flexibility index (Phi) is 6.00. The SMILES string of the molecule is CCCNC(Cc1cccc(OC)c1F)C1COC(C)C1. The average molecular weight is 295 g/mol. The van der Waals surface area contributed by atoms with Gasteiger partial charge in [-0.05, 0) is 44.4 Å². The molecule has 1 heterocycles. The molecule has 0 spiro atoms. The van der Waals surface area contributed by atoms with Crippen molar-refractivity contribution in [2.75, 3.05) is 20.3 Å². The molecular formula is C17H26FNO2. The van der Waals surface area contributed by atoms with Gasteiger partial charge in [0, 0.05) is 12.0 Å². The van der Waals surface area contributed by atoms with E-state index < -0.39 is 0 Å². The van der Waals surface area contributed by atoms with Crippen molar-refractivity contribution in [1.29, 1.82) is 0 Å². The summed E-state index contributed by atoms with van der Waals surface area (Å²) in [5.41, 5.74) is 0.711. The summed E-state index contributed by atoms with van der Waals surface area (Å²) in [4.78, 5) is 0. The van der Waals surface area contributed by atoms with Gasteiger partial charge in [0.05, 0.1) is 19.8 Å². The number of rotatable bonds is 7. The number of halogens is 1. The van der Waals surface area contributed by atoms with Crippen molar-refractivity contribution in [2.45, 2.75) is 45.3 Å². The third kappa shape index (κ3) is 4.17. The van der Waals surface area contributed by atoms with Crippen LogP contribution in [0.5, 0.6) is 5.75 Å². The van der Waals surface area contributed by atoms with Crippen LogP contribution < -0.4 is 10.1 Å². The van der Waals surface area contributed by atoms with Crippen molar-refractivity contribution in [2.24, 2.45) is 5.92 Å². The van der Waals surface area contributed by atoms with E-state index in [2.05, 4.69) is 19.2 Å². The van der Waals surface area contributed by atoms with E-state index in [4.69, 9.17) is 9.47 Å². The lowest BCUT2D eigenvalue weighted by Gasteiger charge is -2.24. The van der Waals surface area contributed by atoms with Crippen LogP contribution in [0.4, 0.5) is 4.39 Å². The lowest BCUT2D eigenvalue weighted by Crippen LogP contribution is -2.39. The van der Waals surface area contributed by atoms with E-state index >= 15 is 0 Å². The molecule has 1 aliphatic rings. The van der Waals surface area contributed by atoms with E-state index in [1.54, 1.807) is 6.07 Å². The molecule has 3 unspecified atom stereocenters. The second-order valence-corrected chi connectivity index (χ2v) is 5.84. The highest BCUT2D eigenvalue weighted by molar-refractivity contribution is 5.31. The Morgan fingerprint density at radius 1 is 1.48 bits per heavy atom. The highest BCUT2D eigenvalue weighted by Gasteiger charge is 2.30. The maximum atomic E-state index is 14.3. The normalized spacial score (nSPS) is 23.2. The quantitative estimate of drug-likeness (QED) is 0.838. The first-order chi connectivity index (χ1) is 10.2. The maximum absolute atomic E-state index is 14.3. The summed E-state index contributed by atoms with van der Waals surface area (Å²) in [6, 6.07) is 5.60. The van der Waals surface area contributed by atoms with Crippen molar-refractivity contribution in [3.63, 3.8) is 0 Å². The molecule has 0 amide bonds. The zero-order valence-electron chi connectivity index (χ0n) is 13.2. The first-order valence-electron chi connectivity index (χ1n) is 7.82. The molecule has 1 fully saturated rings. The fraction of sp³-hybridized carbons (Fsp3) is 0.647. The van der Waals surface area contributed by atoms with Crippen LogP contribution in [0.1, 0.15) is 32.3 Å². The Bertz CT molecular complexity index is 452. The predicted molar refractivity (Wildman–Crippen MR) is 82.3 cm³/mol. The molecule has 3 atom stereocenters. The molecule has 21 heavy (non-hydrogen) atoms. The first kappa shape index (κ1) is 16.2. The predicted octanol–water partition coefficient (Wildman–Crippen LogP) is 3.17. The number of hydrogen-bond acceptors (Lipinski definition) is 3. The van der Waals surface area contributed by atoms with E-state index in [1.165, 1.54) is 7.11 Å². The van der Waals surface area contributed by atoms with Crippen molar-refractivity contribution in [1.82, 2.24) is 5.32 Å². The van der Waals surface area contributed by atoms with Crippen LogP contribution in [-0.4, -0.2) is 32.4 Å². The van der Waals surface area contributed by atoms with Gasteiger partial charge in [-0.1, -0.05) is 19.1 Å². The van der Waals surface area contributed by atoms with E-state index in [-0.39, 0.29) is 11.9 Å². The number of benzene rings is 1. The second-order valence-electron chi connectivity index (χ2n) is 5.84. The standard InChI is InChI=1S/C17H26FNO2/c1-4-8-19-15(14-9-12(2)21-11-14)10-13-6-5-7-16(20-3)17(13)18/h5-7,12,14-15,19H,4,8-11H2,1-3H3. The zero-order valence-corrected chi connectivity index (χ0v) is 13.2. The Labute approximate surface area is 126 Å². The van der Waals surface area contributed by atoms with Crippen molar-refractivity contribution < 1.29 is 13.9 Å². The summed E-state index contributed by atoms with van der Waals surface area (Å²) in [6.07, 6.45) is 3.08. The molecular weight excluding hydrogens is 269 g/mol. The van der Waals surface area contributed by atoms with Crippen LogP contribution in [-0.2, 0) is 11.2 Å². The largest absolute Gasteiger partial charge is 0.494 e. The molecule has 3 nitrogen and oxygen atoms in total. The molecule has 1 aliphatic heterocycles. The van der Waals surface area contributed by atoms with Crippen LogP contribution >= 0.6 is 0 Å². The number of hydrogen-bond donors (Lipinski definition) is 1. The van der Waals surface area contributed by atoms with Gasteiger partial charge in [0.25, 0.3) is 0 Å². The zero-order chi connectivity index (χ0) is 15.2. The van der Waals surface area contributed by atoms with Gasteiger partial charge in [-0.3, -0.25) is 0 Å². The summed E-state index contributed by atoms with van der Waals surface area (Å²) < 4.78 is 25.1. The number of nitrogens with one attached hydrogen (secondary N) is 1. The molecule has 1 saturated heterocycles. The lowest BCUT2D eigenvalue weighted by atomic mass is 9.91. The third-order valence-electron chi connectivity index (χ3n) is 4.16. The highest BCUT2D eigenvalue weighted by Crippen LogP contribution is 2.27. The van der Waals surface area contributed by atoms with Gasteiger partial charge < -0.3 is 14.8 Å². The highest BCUT2D eigenvalue weighted by atomic mass is 19.1. The van der Waals surface area contributed by atoms with Crippen LogP contribution in [0, 0.1) is 11.7 Å². The topological polar surface area (TPSA) is 30.5 Å². The van der Waals surface area contributed by atoms with Gasteiger partial charge >= 0.3 is 0 Å². The summed E-state index contributed by atoms with van der Waals surface area (Å²) >= 11 is 0. The molecule has 2 rings (SSSR count). The monoisotopic (exact) mass is 295 g/mol. The smallest absolute Gasteiger partial charge is 0.168 e. The summed E-state index contributed by atoms with van der Waals surface area (Å²) in [5, 5.41) is 3.56. The van der Waals surface area contributed by atoms with Crippen molar-refractivity contribution in [3.05, 3.63) is 29.6 Å². The number of methoxy groups -OCH3 is 1. The van der Waals surface area contributed by atoms with Gasteiger partial charge in [-0.25, -0.2) is 4.39 Å². The molecule has 1 aromatic rings. The van der Waals surface area contributed by atoms with E-state index in [0.29, 0.717) is 29.8 Å². The Balaban J connectivity index is 2.10. The Morgan fingerprint density at radius 3 is 2.90 bits per heavy atom. The minimum Gasteiger partial charge on any atom is -0.494 e. The maximum Gasteiger partial charge on any atom is 0.168 e.